The van der Waals surface area contributed by atoms with Gasteiger partial charge in [0.1, 0.15) is 23.9 Å². The van der Waals surface area contributed by atoms with Crippen molar-refractivity contribution in [3.8, 4) is 11.5 Å². The number of carbonyl (C=O) groups is 1. The van der Waals surface area contributed by atoms with Gasteiger partial charge in [-0.15, -0.1) is 0 Å². The molecule has 6 heteroatoms. The number of methoxy groups -OCH3 is 1. The SMILES string of the molecule is COc1ccc2cc([C@@H](C)N3C(=O)CC[C@H]3CCNCCOc3ccc(F)cc3)ccc2c1. The highest BCUT2D eigenvalue weighted by atomic mass is 19.1. The van der Waals surface area contributed by atoms with Gasteiger partial charge in [0.2, 0.25) is 5.91 Å². The van der Waals surface area contributed by atoms with Gasteiger partial charge >= 0.3 is 0 Å². The van der Waals surface area contributed by atoms with Crippen molar-refractivity contribution in [2.45, 2.75) is 38.3 Å². The number of halogens is 1. The molecule has 1 saturated heterocycles. The third kappa shape index (κ3) is 5.63. The van der Waals surface area contributed by atoms with Gasteiger partial charge in [-0.2, -0.15) is 0 Å². The minimum absolute atomic E-state index is 0.0262. The van der Waals surface area contributed by atoms with Crippen molar-refractivity contribution in [2.24, 2.45) is 0 Å². The Morgan fingerprint density at radius 1 is 1.03 bits per heavy atom. The first-order chi connectivity index (χ1) is 16.0. The van der Waals surface area contributed by atoms with E-state index in [2.05, 4.69) is 41.4 Å². The first-order valence-electron chi connectivity index (χ1n) is 11.5. The summed E-state index contributed by atoms with van der Waals surface area (Å²) in [6.45, 7) is 4.13. The van der Waals surface area contributed by atoms with Gasteiger partial charge < -0.3 is 19.7 Å². The van der Waals surface area contributed by atoms with Crippen LogP contribution in [0.15, 0.2) is 60.7 Å². The summed E-state index contributed by atoms with van der Waals surface area (Å²) in [7, 11) is 1.67. The van der Waals surface area contributed by atoms with Crippen LogP contribution in [0.1, 0.15) is 37.8 Å². The molecule has 33 heavy (non-hydrogen) atoms. The van der Waals surface area contributed by atoms with Crippen LogP contribution in [-0.2, 0) is 4.79 Å². The summed E-state index contributed by atoms with van der Waals surface area (Å²) < 4.78 is 23.9. The topological polar surface area (TPSA) is 50.8 Å². The van der Waals surface area contributed by atoms with E-state index >= 15 is 0 Å². The normalized spacial score (nSPS) is 16.9. The third-order valence-electron chi connectivity index (χ3n) is 6.36. The molecular weight excluding hydrogens is 419 g/mol. The number of amides is 1. The highest BCUT2D eigenvalue weighted by Gasteiger charge is 2.34. The largest absolute Gasteiger partial charge is 0.497 e. The Morgan fingerprint density at radius 3 is 2.55 bits per heavy atom. The second kappa shape index (κ2) is 10.7. The van der Waals surface area contributed by atoms with Gasteiger partial charge in [-0.25, -0.2) is 4.39 Å². The van der Waals surface area contributed by atoms with E-state index in [1.807, 2.05) is 12.1 Å². The highest BCUT2D eigenvalue weighted by molar-refractivity contribution is 5.85. The third-order valence-corrected chi connectivity index (χ3v) is 6.36. The zero-order valence-electron chi connectivity index (χ0n) is 19.2. The molecule has 4 rings (SSSR count). The van der Waals surface area contributed by atoms with E-state index in [-0.39, 0.29) is 23.8 Å². The summed E-state index contributed by atoms with van der Waals surface area (Å²) in [5.74, 6) is 1.46. The minimum Gasteiger partial charge on any atom is -0.497 e. The van der Waals surface area contributed by atoms with Crippen molar-refractivity contribution >= 4 is 16.7 Å². The van der Waals surface area contributed by atoms with Gasteiger partial charge in [0.25, 0.3) is 0 Å². The maximum Gasteiger partial charge on any atom is 0.223 e. The molecule has 1 fully saturated rings. The van der Waals surface area contributed by atoms with Crippen LogP contribution < -0.4 is 14.8 Å². The molecule has 1 aliphatic rings. The Kier molecular flexibility index (Phi) is 7.45. The quantitative estimate of drug-likeness (QED) is 0.437. The molecule has 0 aliphatic carbocycles. The number of hydrogen-bond acceptors (Lipinski definition) is 4. The summed E-state index contributed by atoms with van der Waals surface area (Å²) >= 11 is 0. The second-order valence-electron chi connectivity index (χ2n) is 8.48. The molecule has 3 aromatic rings. The predicted octanol–water partition coefficient (Wildman–Crippen LogP) is 5.10. The summed E-state index contributed by atoms with van der Waals surface area (Å²) in [5.41, 5.74) is 1.15. The predicted molar refractivity (Wildman–Crippen MR) is 128 cm³/mol. The van der Waals surface area contributed by atoms with Gasteiger partial charge in [0, 0.05) is 19.0 Å². The fourth-order valence-electron chi connectivity index (χ4n) is 4.53. The molecule has 174 valence electrons. The average Bonchev–Trinajstić information content (AvgIpc) is 3.21. The molecule has 0 radical (unpaired) electrons. The van der Waals surface area contributed by atoms with Crippen molar-refractivity contribution in [1.82, 2.24) is 10.2 Å². The zero-order valence-corrected chi connectivity index (χ0v) is 19.2. The number of rotatable bonds is 10. The lowest BCUT2D eigenvalue weighted by Crippen LogP contribution is -2.37. The van der Waals surface area contributed by atoms with E-state index in [1.54, 1.807) is 19.2 Å². The lowest BCUT2D eigenvalue weighted by molar-refractivity contribution is -0.131. The molecule has 1 heterocycles. The van der Waals surface area contributed by atoms with Crippen molar-refractivity contribution < 1.29 is 18.7 Å². The monoisotopic (exact) mass is 450 g/mol. The van der Waals surface area contributed by atoms with Crippen LogP contribution in [0, 0.1) is 5.82 Å². The molecular formula is C27H31FN2O3. The molecule has 1 amide bonds. The number of carbonyl (C=O) groups excluding carboxylic acids is 1. The van der Waals surface area contributed by atoms with Crippen molar-refractivity contribution in [3.05, 3.63) is 72.0 Å². The van der Waals surface area contributed by atoms with Crippen LogP contribution in [0.25, 0.3) is 10.8 Å². The van der Waals surface area contributed by atoms with Crippen LogP contribution in [-0.4, -0.2) is 43.7 Å². The van der Waals surface area contributed by atoms with Gasteiger partial charge in [-0.05, 0) is 85.1 Å². The molecule has 5 nitrogen and oxygen atoms in total. The highest BCUT2D eigenvalue weighted by Crippen LogP contribution is 2.33. The first kappa shape index (κ1) is 23.1. The second-order valence-corrected chi connectivity index (χ2v) is 8.48. The molecule has 1 N–H and O–H groups in total. The Morgan fingerprint density at radius 2 is 1.76 bits per heavy atom. The Balaban J connectivity index is 1.29. The molecule has 0 unspecified atom stereocenters. The standard InChI is InChI=1S/C27H31FN2O3/c1-19(20-3-4-22-18-26(32-2)9-5-21(22)17-20)30-24(8-12-27(30)31)13-14-29-15-16-33-25-10-6-23(28)7-11-25/h3-7,9-11,17-19,24,29H,8,12-16H2,1-2H3/t19-,24+/m1/s1. The molecule has 0 aromatic heterocycles. The van der Waals surface area contributed by atoms with E-state index in [4.69, 9.17) is 9.47 Å². The maximum absolute atomic E-state index is 12.9. The van der Waals surface area contributed by atoms with Crippen molar-refractivity contribution in [2.75, 3.05) is 26.8 Å². The maximum atomic E-state index is 12.9. The lowest BCUT2D eigenvalue weighted by Gasteiger charge is -2.31. The van der Waals surface area contributed by atoms with E-state index in [1.165, 1.54) is 12.1 Å². The summed E-state index contributed by atoms with van der Waals surface area (Å²) in [5, 5.41) is 5.67. The molecule has 1 aliphatic heterocycles. The first-order valence-corrected chi connectivity index (χ1v) is 11.5. The fraction of sp³-hybridized carbons (Fsp3) is 0.370. The van der Waals surface area contributed by atoms with E-state index in [0.29, 0.717) is 25.3 Å². The summed E-state index contributed by atoms with van der Waals surface area (Å²) in [4.78, 5) is 14.8. The number of fused-ring (bicyclic) bond motifs is 1. The number of nitrogens with zero attached hydrogens (tertiary/aromatic N) is 1. The van der Waals surface area contributed by atoms with Gasteiger partial charge in [0.15, 0.2) is 0 Å². The number of benzene rings is 3. The number of hydrogen-bond donors (Lipinski definition) is 1. The van der Waals surface area contributed by atoms with Crippen LogP contribution in [0.5, 0.6) is 11.5 Å². The van der Waals surface area contributed by atoms with Crippen LogP contribution >= 0.6 is 0 Å². The van der Waals surface area contributed by atoms with Crippen LogP contribution in [0.4, 0.5) is 4.39 Å². The number of ether oxygens (including phenoxy) is 2. The molecule has 0 spiro atoms. The molecule has 0 bridgehead atoms. The van der Waals surface area contributed by atoms with Crippen molar-refractivity contribution in [1.29, 1.82) is 0 Å². The summed E-state index contributed by atoms with van der Waals surface area (Å²) in [6.07, 6.45) is 2.40. The van der Waals surface area contributed by atoms with Gasteiger partial charge in [0.05, 0.1) is 13.2 Å². The molecule has 3 aromatic carbocycles. The summed E-state index contributed by atoms with van der Waals surface area (Å²) in [6, 6.07) is 18.7. The number of nitrogens with one attached hydrogen (secondary N) is 1. The molecule has 2 atom stereocenters. The minimum atomic E-state index is -0.269. The van der Waals surface area contributed by atoms with E-state index < -0.39 is 0 Å². The smallest absolute Gasteiger partial charge is 0.223 e. The number of likely N-dealkylation sites (tertiary alicyclic amines) is 1. The average molecular weight is 451 g/mol. The zero-order chi connectivity index (χ0) is 23.2. The van der Waals surface area contributed by atoms with Crippen molar-refractivity contribution in [3.63, 3.8) is 0 Å². The van der Waals surface area contributed by atoms with Gasteiger partial charge in [-0.1, -0.05) is 18.2 Å². The van der Waals surface area contributed by atoms with E-state index in [0.717, 1.165) is 41.5 Å². The van der Waals surface area contributed by atoms with Gasteiger partial charge in [-0.3, -0.25) is 4.79 Å². The Bertz CT molecular complexity index is 1090. The van der Waals surface area contributed by atoms with Crippen LogP contribution in [0.3, 0.4) is 0 Å². The van der Waals surface area contributed by atoms with E-state index in [9.17, 15) is 9.18 Å². The van der Waals surface area contributed by atoms with Crippen LogP contribution in [0.2, 0.25) is 0 Å². The fourth-order valence-corrected chi connectivity index (χ4v) is 4.53. The molecule has 0 saturated carbocycles. The lowest BCUT2D eigenvalue weighted by atomic mass is 10.0. The Labute approximate surface area is 194 Å². The Hall–Kier alpha value is -3.12.